The van der Waals surface area contributed by atoms with Crippen molar-refractivity contribution in [1.82, 2.24) is 16.0 Å². The first-order valence-corrected chi connectivity index (χ1v) is 15.2. The zero-order chi connectivity index (χ0) is 37.4. The Labute approximate surface area is 288 Å². The fourth-order valence-corrected chi connectivity index (χ4v) is 4.72. The highest BCUT2D eigenvalue weighted by Gasteiger charge is 2.35. The number of aryl methyl sites for hydroxylation is 1. The summed E-state index contributed by atoms with van der Waals surface area (Å²) >= 11 is 0. The molecule has 0 aliphatic carbocycles. The Hall–Kier alpha value is -6.72. The summed E-state index contributed by atoms with van der Waals surface area (Å²) < 4.78 is 15.4. The summed E-state index contributed by atoms with van der Waals surface area (Å²) in [4.78, 5) is 78.8. The zero-order valence-corrected chi connectivity index (χ0v) is 26.7. The topological polar surface area (TPSA) is 288 Å². The highest BCUT2D eigenvalue weighted by molar-refractivity contribution is 6.02. The fourth-order valence-electron chi connectivity index (χ4n) is 4.72. The van der Waals surface area contributed by atoms with Gasteiger partial charge in [0.15, 0.2) is 52.6 Å². The van der Waals surface area contributed by atoms with E-state index in [1.807, 2.05) is 6.92 Å². The molecule has 270 valence electrons. The number of nitrogens with one attached hydrogen (secondary N) is 3. The normalized spacial score (nSPS) is 18.1. The third-order valence-electron chi connectivity index (χ3n) is 7.40. The summed E-state index contributed by atoms with van der Waals surface area (Å²) in [6.07, 6.45) is 1.03. The van der Waals surface area contributed by atoms with E-state index in [0.29, 0.717) is 18.4 Å². The number of amides is 3. The number of rotatable bonds is 8. The first-order chi connectivity index (χ1) is 24.2. The summed E-state index contributed by atoms with van der Waals surface area (Å²) in [6.45, 7) is -1.01. The van der Waals surface area contributed by atoms with Crippen molar-refractivity contribution in [1.29, 1.82) is 0 Å². The van der Waals surface area contributed by atoms with Gasteiger partial charge in [-0.15, -0.1) is 0 Å². The van der Waals surface area contributed by atoms with Gasteiger partial charge < -0.3 is 60.8 Å². The maximum atomic E-state index is 13.2. The van der Waals surface area contributed by atoms with Crippen molar-refractivity contribution >= 4 is 35.6 Å². The van der Waals surface area contributed by atoms with Crippen molar-refractivity contribution in [2.24, 2.45) is 0 Å². The Balaban J connectivity index is 1.64. The average molecular weight is 712 g/mol. The van der Waals surface area contributed by atoms with Crippen molar-refractivity contribution in [2.45, 2.75) is 37.9 Å². The van der Waals surface area contributed by atoms with Gasteiger partial charge in [0.05, 0.1) is 16.7 Å². The van der Waals surface area contributed by atoms with Crippen LogP contribution in [0.1, 0.15) is 50.0 Å². The van der Waals surface area contributed by atoms with E-state index in [1.54, 1.807) is 0 Å². The molecule has 0 radical (unpaired) electrons. The Morgan fingerprint density at radius 1 is 0.588 bits per heavy atom. The third-order valence-corrected chi connectivity index (χ3v) is 7.40. The van der Waals surface area contributed by atoms with E-state index in [9.17, 15) is 59.4 Å². The van der Waals surface area contributed by atoms with Crippen LogP contribution in [-0.4, -0.2) is 104 Å². The number of para-hydroxylation sites is 2. The maximum Gasteiger partial charge on any atom is 0.332 e. The smallest absolute Gasteiger partial charge is 0.332 e. The first-order valence-electron chi connectivity index (χ1n) is 15.2. The molecular weight excluding hydrogens is 678 g/mol. The second-order valence-electron chi connectivity index (χ2n) is 11.1. The van der Waals surface area contributed by atoms with E-state index in [2.05, 4.69) is 16.0 Å². The lowest BCUT2D eigenvalue weighted by molar-refractivity contribution is -0.160. The number of benzene rings is 3. The number of aromatic hydroxyl groups is 6. The van der Waals surface area contributed by atoms with E-state index in [4.69, 9.17) is 14.2 Å². The van der Waals surface area contributed by atoms with Crippen molar-refractivity contribution in [3.05, 3.63) is 70.8 Å². The van der Waals surface area contributed by atoms with Crippen LogP contribution in [0.2, 0.25) is 0 Å². The molecule has 3 aromatic rings. The number of esters is 3. The first kappa shape index (κ1) is 37.1. The lowest BCUT2D eigenvalue weighted by Crippen LogP contribution is -2.52. The largest absolute Gasteiger partial charge is 0.504 e. The van der Waals surface area contributed by atoms with Crippen molar-refractivity contribution in [2.75, 3.05) is 19.8 Å². The van der Waals surface area contributed by atoms with Gasteiger partial charge in [0.1, 0.15) is 19.8 Å². The van der Waals surface area contributed by atoms with Gasteiger partial charge in [-0.1, -0.05) is 25.5 Å². The molecule has 1 fully saturated rings. The number of phenolic OH excluding ortho intramolecular Hbond substituents is 6. The molecule has 3 aromatic carbocycles. The molecule has 1 saturated heterocycles. The van der Waals surface area contributed by atoms with Crippen LogP contribution in [-0.2, 0) is 35.0 Å². The van der Waals surface area contributed by atoms with Gasteiger partial charge in [-0.25, -0.2) is 14.4 Å². The molecular formula is C33H33N3O15. The van der Waals surface area contributed by atoms with E-state index >= 15 is 0 Å². The quantitative estimate of drug-likeness (QED) is 0.0858. The predicted octanol–water partition coefficient (Wildman–Crippen LogP) is 0.211. The fraction of sp³-hybridized carbons (Fsp3) is 0.273. The molecule has 3 atom stereocenters. The number of carbonyl (C=O) groups is 6. The van der Waals surface area contributed by atoms with Crippen molar-refractivity contribution < 1.29 is 73.6 Å². The van der Waals surface area contributed by atoms with Crippen LogP contribution in [0.5, 0.6) is 34.5 Å². The van der Waals surface area contributed by atoms with Crippen LogP contribution in [0, 0.1) is 0 Å². The van der Waals surface area contributed by atoms with Gasteiger partial charge >= 0.3 is 17.9 Å². The minimum atomic E-state index is -1.84. The number of ether oxygens (including phenoxy) is 3. The van der Waals surface area contributed by atoms with Gasteiger partial charge in [-0.3, -0.25) is 14.4 Å². The summed E-state index contributed by atoms with van der Waals surface area (Å²) in [5, 5.41) is 66.9. The summed E-state index contributed by atoms with van der Waals surface area (Å²) in [7, 11) is 0. The highest BCUT2D eigenvalue weighted by atomic mass is 16.6. The Morgan fingerprint density at radius 2 is 0.961 bits per heavy atom. The van der Waals surface area contributed by atoms with Crippen LogP contribution in [0.3, 0.4) is 0 Å². The Morgan fingerprint density at radius 3 is 1.35 bits per heavy atom. The number of hydrogen-bond acceptors (Lipinski definition) is 15. The van der Waals surface area contributed by atoms with Crippen LogP contribution in [0.4, 0.5) is 0 Å². The molecule has 9 N–H and O–H groups in total. The number of carbonyl (C=O) groups excluding carboxylic acids is 6. The second kappa shape index (κ2) is 16.1. The standard InChI is InChI=1S/C33H33N3O15/c1-2-5-15-10-18(27(42)24(39)11-15)30(45)36-21-14-51-32(47)19(34-28(43)16-6-3-8-22(37)25(16)40)12-49-31(46)20(13-50-33(21)48)35-29(44)17-7-4-9-23(38)26(17)41/h3-4,6-11,19-21,37-42H,2,5,12-14H2,1H3,(H,34,43)(H,35,44)(H,36,45). The minimum absolute atomic E-state index is 0.411. The van der Waals surface area contributed by atoms with E-state index < -0.39 is 125 Å². The second-order valence-corrected chi connectivity index (χ2v) is 11.1. The zero-order valence-electron chi connectivity index (χ0n) is 26.7. The van der Waals surface area contributed by atoms with Crippen LogP contribution in [0.15, 0.2) is 48.5 Å². The summed E-state index contributed by atoms with van der Waals surface area (Å²) in [6, 6.07) is 3.79. The molecule has 0 bridgehead atoms. The summed E-state index contributed by atoms with van der Waals surface area (Å²) in [5.74, 6) is -11.8. The molecule has 18 nitrogen and oxygen atoms in total. The van der Waals surface area contributed by atoms with Crippen LogP contribution >= 0.6 is 0 Å². The van der Waals surface area contributed by atoms with Gasteiger partial charge in [0, 0.05) is 0 Å². The van der Waals surface area contributed by atoms with Crippen LogP contribution < -0.4 is 16.0 Å². The van der Waals surface area contributed by atoms with Gasteiger partial charge in [0.2, 0.25) is 0 Å². The molecule has 0 saturated carbocycles. The average Bonchev–Trinajstić information content (AvgIpc) is 3.09. The Bertz CT molecular complexity index is 1800. The van der Waals surface area contributed by atoms with E-state index in [0.717, 1.165) is 24.3 Å². The maximum absolute atomic E-state index is 13.2. The molecule has 0 spiro atoms. The molecule has 3 unspecified atom stereocenters. The van der Waals surface area contributed by atoms with Gasteiger partial charge in [0.25, 0.3) is 17.7 Å². The molecule has 4 rings (SSSR count). The highest BCUT2D eigenvalue weighted by Crippen LogP contribution is 2.32. The minimum Gasteiger partial charge on any atom is -0.504 e. The third kappa shape index (κ3) is 8.85. The number of hydrogen-bond donors (Lipinski definition) is 9. The van der Waals surface area contributed by atoms with Gasteiger partial charge in [-0.2, -0.15) is 0 Å². The lowest BCUT2D eigenvalue weighted by Gasteiger charge is -2.25. The summed E-state index contributed by atoms with van der Waals surface area (Å²) in [5.41, 5.74) is -0.951. The molecule has 1 heterocycles. The molecule has 3 amide bonds. The van der Waals surface area contributed by atoms with Crippen LogP contribution in [0.25, 0.3) is 0 Å². The monoisotopic (exact) mass is 711 g/mol. The molecule has 1 aliphatic rings. The molecule has 1 aliphatic heterocycles. The molecule has 18 heteroatoms. The Kier molecular flexibility index (Phi) is 11.7. The van der Waals surface area contributed by atoms with Gasteiger partial charge in [-0.05, 0) is 48.4 Å². The van der Waals surface area contributed by atoms with E-state index in [1.165, 1.54) is 24.3 Å². The number of cyclic esters (lactones) is 3. The molecule has 0 aromatic heterocycles. The predicted molar refractivity (Wildman–Crippen MR) is 170 cm³/mol. The van der Waals surface area contributed by atoms with Crippen molar-refractivity contribution in [3.8, 4) is 34.5 Å². The van der Waals surface area contributed by atoms with E-state index in [-0.39, 0.29) is 0 Å². The SMILES string of the molecule is CCCc1cc(O)c(O)c(C(=O)NC2COC(=O)C(NC(=O)c3cccc(O)c3O)COC(=O)C(NC(=O)c3cccc(O)c3O)COC2=O)c1. The number of phenols is 6. The van der Waals surface area contributed by atoms with Crippen molar-refractivity contribution in [3.63, 3.8) is 0 Å². The molecule has 51 heavy (non-hydrogen) atoms. The lowest BCUT2D eigenvalue weighted by atomic mass is 10.0.